The van der Waals surface area contributed by atoms with E-state index >= 15 is 0 Å². The number of nitrogens with zero attached hydrogens (tertiary/aromatic N) is 2. The van der Waals surface area contributed by atoms with Gasteiger partial charge >= 0.3 is 5.69 Å². The fourth-order valence-corrected chi connectivity index (χ4v) is 1.72. The second-order valence-electron chi connectivity index (χ2n) is 3.94. The van der Waals surface area contributed by atoms with Crippen molar-refractivity contribution in [2.75, 3.05) is 0 Å². The Balaban J connectivity index is 2.43. The minimum absolute atomic E-state index is 0.152. The van der Waals surface area contributed by atoms with Crippen LogP contribution in [0.5, 0.6) is 0 Å². The maximum Gasteiger partial charge on any atom is 0.331 e. The molecule has 0 atom stereocenters. The molecule has 2 aromatic rings. The van der Waals surface area contributed by atoms with Crippen LogP contribution < -0.4 is 11.2 Å². The minimum Gasteiger partial charge on any atom is -0.301 e. The number of benzene rings is 1. The predicted octanol–water partition coefficient (Wildman–Crippen LogP) is 1.22. The number of rotatable bonds is 3. The first kappa shape index (κ1) is 12.3. The highest BCUT2D eigenvalue weighted by atomic mass is 19.1. The van der Waals surface area contributed by atoms with Crippen molar-refractivity contribution in [2.45, 2.75) is 20.0 Å². The molecule has 1 heterocycles. The van der Waals surface area contributed by atoms with E-state index in [0.29, 0.717) is 12.1 Å². The molecule has 4 nitrogen and oxygen atoms in total. The van der Waals surface area contributed by atoms with Crippen molar-refractivity contribution in [1.82, 2.24) is 9.13 Å². The molecule has 0 aliphatic heterocycles. The van der Waals surface area contributed by atoms with Gasteiger partial charge in [0.1, 0.15) is 5.82 Å². The summed E-state index contributed by atoms with van der Waals surface area (Å²) in [6.07, 6.45) is 1.48. The van der Waals surface area contributed by atoms with Gasteiger partial charge in [0.25, 0.3) is 5.56 Å². The van der Waals surface area contributed by atoms with Gasteiger partial charge in [-0.1, -0.05) is 12.1 Å². The Morgan fingerprint density at radius 1 is 1.11 bits per heavy atom. The largest absolute Gasteiger partial charge is 0.331 e. The maximum absolute atomic E-state index is 12.8. The smallest absolute Gasteiger partial charge is 0.301 e. The van der Waals surface area contributed by atoms with Crippen molar-refractivity contribution in [2.24, 2.45) is 0 Å². The maximum atomic E-state index is 12.8. The second-order valence-corrected chi connectivity index (χ2v) is 3.94. The van der Waals surface area contributed by atoms with Gasteiger partial charge in [-0.05, 0) is 24.6 Å². The normalized spacial score (nSPS) is 10.6. The number of aryl methyl sites for hydroxylation is 1. The van der Waals surface area contributed by atoms with Gasteiger partial charge in [-0.25, -0.2) is 9.18 Å². The van der Waals surface area contributed by atoms with E-state index in [4.69, 9.17) is 0 Å². The first-order valence-corrected chi connectivity index (χ1v) is 5.66. The number of halogens is 1. The lowest BCUT2D eigenvalue weighted by atomic mass is 10.2. The zero-order valence-corrected chi connectivity index (χ0v) is 9.97. The predicted molar refractivity (Wildman–Crippen MR) is 66.1 cm³/mol. The van der Waals surface area contributed by atoms with Crippen LogP contribution in [-0.4, -0.2) is 9.13 Å². The van der Waals surface area contributed by atoms with Crippen LogP contribution in [0.2, 0.25) is 0 Å². The van der Waals surface area contributed by atoms with E-state index in [2.05, 4.69) is 0 Å². The SMILES string of the molecule is CCn1ccc(=O)n(Cc2ccc(F)cc2)c1=O. The van der Waals surface area contributed by atoms with Gasteiger partial charge in [0.05, 0.1) is 6.54 Å². The summed E-state index contributed by atoms with van der Waals surface area (Å²) in [5.41, 5.74) is 0.00723. The summed E-state index contributed by atoms with van der Waals surface area (Å²) < 4.78 is 15.4. The molecule has 0 spiro atoms. The van der Waals surface area contributed by atoms with Gasteiger partial charge in [-0.15, -0.1) is 0 Å². The van der Waals surface area contributed by atoms with Crippen LogP contribution in [0.4, 0.5) is 4.39 Å². The van der Waals surface area contributed by atoms with E-state index in [1.54, 1.807) is 12.1 Å². The molecule has 1 aromatic heterocycles. The summed E-state index contributed by atoms with van der Waals surface area (Å²) in [4.78, 5) is 23.6. The zero-order chi connectivity index (χ0) is 13.1. The average molecular weight is 248 g/mol. The van der Waals surface area contributed by atoms with Gasteiger partial charge in [-0.3, -0.25) is 9.36 Å². The van der Waals surface area contributed by atoms with Crippen LogP contribution >= 0.6 is 0 Å². The molecule has 2 rings (SSSR count). The molecule has 1 aromatic carbocycles. The molecule has 18 heavy (non-hydrogen) atoms. The monoisotopic (exact) mass is 248 g/mol. The Hall–Kier alpha value is -2.17. The molecule has 0 saturated carbocycles. The average Bonchev–Trinajstić information content (AvgIpc) is 2.37. The van der Waals surface area contributed by atoms with Crippen molar-refractivity contribution < 1.29 is 4.39 Å². The Labute approximate surface area is 103 Å². The first-order valence-electron chi connectivity index (χ1n) is 5.66. The molecule has 0 aliphatic rings. The van der Waals surface area contributed by atoms with Gasteiger partial charge in [0, 0.05) is 18.8 Å². The summed E-state index contributed by atoms with van der Waals surface area (Å²) in [5, 5.41) is 0. The molecule has 0 fully saturated rings. The minimum atomic E-state index is -0.353. The summed E-state index contributed by atoms with van der Waals surface area (Å²) >= 11 is 0. The Kier molecular flexibility index (Phi) is 3.41. The molecule has 0 saturated heterocycles. The van der Waals surface area contributed by atoms with Crippen LogP contribution in [0.15, 0.2) is 46.1 Å². The van der Waals surface area contributed by atoms with E-state index in [0.717, 1.165) is 4.57 Å². The van der Waals surface area contributed by atoms with E-state index in [1.165, 1.54) is 29.0 Å². The highest BCUT2D eigenvalue weighted by Gasteiger charge is 2.05. The molecule has 5 heteroatoms. The third-order valence-corrected chi connectivity index (χ3v) is 2.73. The Morgan fingerprint density at radius 3 is 2.39 bits per heavy atom. The van der Waals surface area contributed by atoms with Crippen LogP contribution in [0.25, 0.3) is 0 Å². The lowest BCUT2D eigenvalue weighted by Crippen LogP contribution is -2.38. The third-order valence-electron chi connectivity index (χ3n) is 2.73. The van der Waals surface area contributed by atoms with Gasteiger partial charge in [0.2, 0.25) is 0 Å². The quantitative estimate of drug-likeness (QED) is 0.819. The number of aromatic nitrogens is 2. The highest BCUT2D eigenvalue weighted by molar-refractivity contribution is 5.16. The molecule has 94 valence electrons. The Bertz CT molecular complexity index is 656. The number of hydrogen-bond donors (Lipinski definition) is 0. The van der Waals surface area contributed by atoms with Gasteiger partial charge in [-0.2, -0.15) is 0 Å². The highest BCUT2D eigenvalue weighted by Crippen LogP contribution is 2.02. The fourth-order valence-electron chi connectivity index (χ4n) is 1.72. The summed E-state index contributed by atoms with van der Waals surface area (Å²) in [7, 11) is 0. The standard InChI is InChI=1S/C13H13FN2O2/c1-2-15-8-7-12(17)16(13(15)18)9-10-3-5-11(14)6-4-10/h3-8H,2,9H2,1H3. The lowest BCUT2D eigenvalue weighted by Gasteiger charge is -2.08. The second kappa shape index (κ2) is 5.00. The van der Waals surface area contributed by atoms with E-state index in [9.17, 15) is 14.0 Å². The zero-order valence-electron chi connectivity index (χ0n) is 9.97. The first-order chi connectivity index (χ1) is 8.61. The molecule has 0 bridgehead atoms. The molecular formula is C13H13FN2O2. The molecule has 0 unspecified atom stereocenters. The van der Waals surface area contributed by atoms with Crippen molar-refractivity contribution in [3.8, 4) is 0 Å². The lowest BCUT2D eigenvalue weighted by molar-refractivity contribution is 0.597. The van der Waals surface area contributed by atoms with Crippen molar-refractivity contribution in [1.29, 1.82) is 0 Å². The van der Waals surface area contributed by atoms with E-state index in [1.807, 2.05) is 6.92 Å². The van der Waals surface area contributed by atoms with E-state index in [-0.39, 0.29) is 23.6 Å². The molecular weight excluding hydrogens is 235 g/mol. The molecule has 0 amide bonds. The fraction of sp³-hybridized carbons (Fsp3) is 0.231. The topological polar surface area (TPSA) is 44.0 Å². The van der Waals surface area contributed by atoms with Crippen molar-refractivity contribution in [3.63, 3.8) is 0 Å². The summed E-state index contributed by atoms with van der Waals surface area (Å²) in [5.74, 6) is -0.342. The Morgan fingerprint density at radius 2 is 1.78 bits per heavy atom. The van der Waals surface area contributed by atoms with Crippen LogP contribution in [-0.2, 0) is 13.1 Å². The van der Waals surface area contributed by atoms with Crippen molar-refractivity contribution in [3.05, 3.63) is 68.7 Å². The summed E-state index contributed by atoms with van der Waals surface area (Å²) in [6, 6.07) is 7.09. The van der Waals surface area contributed by atoms with Crippen LogP contribution in [0, 0.1) is 5.82 Å². The summed E-state index contributed by atoms with van der Waals surface area (Å²) in [6.45, 7) is 2.48. The van der Waals surface area contributed by atoms with E-state index < -0.39 is 0 Å². The van der Waals surface area contributed by atoms with Gasteiger partial charge in [0.15, 0.2) is 0 Å². The number of hydrogen-bond acceptors (Lipinski definition) is 2. The van der Waals surface area contributed by atoms with Crippen molar-refractivity contribution >= 4 is 0 Å². The van der Waals surface area contributed by atoms with Gasteiger partial charge < -0.3 is 4.57 Å². The van der Waals surface area contributed by atoms with Crippen LogP contribution in [0.3, 0.4) is 0 Å². The molecule has 0 N–H and O–H groups in total. The molecule has 0 aliphatic carbocycles. The van der Waals surface area contributed by atoms with Crippen LogP contribution in [0.1, 0.15) is 12.5 Å². The third kappa shape index (κ3) is 2.40. The molecule has 0 radical (unpaired) electrons.